The number of anilines is 1. The lowest BCUT2D eigenvalue weighted by atomic mass is 9.97. The highest BCUT2D eigenvalue weighted by atomic mass is 31.2. The quantitative estimate of drug-likeness (QED) is 0.125. The number of rotatable bonds is 12. The molecule has 1 heterocycles. The van der Waals surface area contributed by atoms with Gasteiger partial charge >= 0.3 is 13.3 Å². The molecule has 1 aromatic rings. The van der Waals surface area contributed by atoms with E-state index in [9.17, 15) is 28.7 Å². The molecule has 0 aromatic heterocycles. The number of unbranched alkanes of at least 4 members (excludes halogenated alkanes) is 2. The van der Waals surface area contributed by atoms with E-state index in [2.05, 4.69) is 23.1 Å². The molecule has 1 aliphatic rings. The van der Waals surface area contributed by atoms with E-state index in [0.29, 0.717) is 24.5 Å². The molecular formula is C21H29F2N2O8P. The van der Waals surface area contributed by atoms with Crippen LogP contribution in [0.5, 0.6) is 5.75 Å². The van der Waals surface area contributed by atoms with Gasteiger partial charge in [0.1, 0.15) is 24.1 Å². The number of benzene rings is 1. The van der Waals surface area contributed by atoms with E-state index < -0.39 is 50.4 Å². The summed E-state index contributed by atoms with van der Waals surface area (Å²) in [5, 5.41) is 36.2. The molecule has 5 atom stereocenters. The van der Waals surface area contributed by atoms with Gasteiger partial charge in [-0.15, -0.1) is 12.3 Å². The van der Waals surface area contributed by atoms with Gasteiger partial charge in [-0.1, -0.05) is 6.58 Å². The van der Waals surface area contributed by atoms with Gasteiger partial charge in [0.15, 0.2) is 0 Å². The molecule has 1 aromatic carbocycles. The van der Waals surface area contributed by atoms with E-state index in [0.717, 1.165) is 12.8 Å². The summed E-state index contributed by atoms with van der Waals surface area (Å²) < 4.78 is 49.1. The third-order valence-electron chi connectivity index (χ3n) is 5.03. The van der Waals surface area contributed by atoms with Crippen molar-refractivity contribution in [1.82, 2.24) is 5.32 Å². The molecular weight excluding hydrogens is 477 g/mol. The molecule has 13 heteroatoms. The molecule has 1 saturated heterocycles. The van der Waals surface area contributed by atoms with Crippen LogP contribution >= 0.6 is 7.60 Å². The van der Waals surface area contributed by atoms with Crippen molar-refractivity contribution in [2.75, 3.05) is 11.9 Å². The van der Waals surface area contributed by atoms with Gasteiger partial charge in [0, 0.05) is 18.7 Å². The van der Waals surface area contributed by atoms with Crippen molar-refractivity contribution in [3.8, 4) is 18.1 Å². The fourth-order valence-electron chi connectivity index (χ4n) is 3.10. The van der Waals surface area contributed by atoms with E-state index in [1.54, 1.807) is 12.1 Å². The van der Waals surface area contributed by atoms with E-state index >= 15 is 0 Å². The maximum Gasteiger partial charge on any atom is 0.394 e. The zero-order valence-electron chi connectivity index (χ0n) is 18.2. The standard InChI is InChI=1S/C21H29F2N2O8P/c1-3-4-5-6-11-24-13(2)25-14-7-9-15(10-8-14)32-20-19(28)18(27)17(26)16(33-20)12-21(22,23)34(29,30)31/h1,7-10,16-20,24-28H,2,4-6,11-12H2,(H2,29,30,31)/t16-,17-,18+,19+,20+/m1/s1. The number of nitrogens with one attached hydrogen (secondary N) is 2. The summed E-state index contributed by atoms with van der Waals surface area (Å²) in [6, 6.07) is 6.13. The Labute approximate surface area is 195 Å². The summed E-state index contributed by atoms with van der Waals surface area (Å²) in [4.78, 5) is 17.6. The second kappa shape index (κ2) is 12.0. The number of aliphatic hydroxyl groups excluding tert-OH is 3. The molecule has 0 spiro atoms. The highest BCUT2D eigenvalue weighted by Gasteiger charge is 2.55. The average Bonchev–Trinajstić information content (AvgIpc) is 2.75. The fraction of sp³-hybridized carbons (Fsp3) is 0.524. The first kappa shape index (κ1) is 28.0. The molecule has 0 saturated carbocycles. The fourth-order valence-corrected chi connectivity index (χ4v) is 3.52. The van der Waals surface area contributed by atoms with E-state index in [1.165, 1.54) is 12.1 Å². The second-order valence-corrected chi connectivity index (χ2v) is 9.50. The van der Waals surface area contributed by atoms with E-state index in [-0.39, 0.29) is 5.75 Å². The predicted molar refractivity (Wildman–Crippen MR) is 119 cm³/mol. The Hall–Kier alpha value is -2.23. The van der Waals surface area contributed by atoms with Crippen molar-refractivity contribution in [2.24, 2.45) is 0 Å². The maximum atomic E-state index is 13.8. The lowest BCUT2D eigenvalue weighted by Gasteiger charge is -2.41. The monoisotopic (exact) mass is 506 g/mol. The lowest BCUT2D eigenvalue weighted by molar-refractivity contribution is -0.279. The van der Waals surface area contributed by atoms with E-state index in [4.69, 9.17) is 25.7 Å². The summed E-state index contributed by atoms with van der Waals surface area (Å²) >= 11 is 0. The Morgan fingerprint density at radius 3 is 2.41 bits per heavy atom. The smallest absolute Gasteiger partial charge is 0.394 e. The van der Waals surface area contributed by atoms with Gasteiger partial charge in [0.2, 0.25) is 6.29 Å². The van der Waals surface area contributed by atoms with Gasteiger partial charge in [0.05, 0.1) is 18.3 Å². The molecule has 0 aliphatic carbocycles. The van der Waals surface area contributed by atoms with Crippen LogP contribution < -0.4 is 15.4 Å². The molecule has 0 amide bonds. The Balaban J connectivity index is 1.96. The Bertz CT molecular complexity index is 905. The maximum absolute atomic E-state index is 13.8. The first-order valence-corrected chi connectivity index (χ1v) is 12.0. The van der Waals surface area contributed by atoms with Crippen molar-refractivity contribution in [2.45, 2.75) is 62.1 Å². The first-order valence-electron chi connectivity index (χ1n) is 10.4. The summed E-state index contributed by atoms with van der Waals surface area (Å²) in [5.41, 5.74) is -3.88. The van der Waals surface area contributed by atoms with Crippen LogP contribution in [-0.2, 0) is 9.30 Å². The van der Waals surface area contributed by atoms with Crippen molar-refractivity contribution in [3.05, 3.63) is 36.7 Å². The highest BCUT2D eigenvalue weighted by Crippen LogP contribution is 2.55. The molecule has 0 unspecified atom stereocenters. The normalized spacial score (nSPS) is 25.3. The van der Waals surface area contributed by atoms with Gasteiger partial charge in [-0.3, -0.25) is 4.57 Å². The Morgan fingerprint density at radius 2 is 1.82 bits per heavy atom. The number of halogens is 2. The van der Waals surface area contributed by atoms with Crippen LogP contribution in [0, 0.1) is 12.3 Å². The first-order chi connectivity index (χ1) is 15.9. The third-order valence-corrected chi connectivity index (χ3v) is 6.06. The molecule has 2 rings (SSSR count). The molecule has 190 valence electrons. The SMILES string of the molecule is C#CCCCCNC(=C)Nc1ccc(O[C@H]2O[C@H](CC(F)(F)P(=O)(O)O)[C@@H](O)[C@H](O)[C@@H]2O)cc1. The zero-order valence-corrected chi connectivity index (χ0v) is 19.1. The van der Waals surface area contributed by atoms with Crippen LogP contribution in [0.2, 0.25) is 0 Å². The Morgan fingerprint density at radius 1 is 1.18 bits per heavy atom. The number of aliphatic hydroxyl groups is 3. The Kier molecular flexibility index (Phi) is 9.84. The molecule has 1 fully saturated rings. The van der Waals surface area contributed by atoms with Gasteiger partial charge in [0.25, 0.3) is 0 Å². The summed E-state index contributed by atoms with van der Waals surface area (Å²) in [7, 11) is -5.85. The highest BCUT2D eigenvalue weighted by molar-refractivity contribution is 7.53. The van der Waals surface area contributed by atoms with Gasteiger partial charge in [-0.25, -0.2) is 0 Å². The zero-order chi connectivity index (χ0) is 25.5. The van der Waals surface area contributed by atoms with Gasteiger partial charge in [-0.2, -0.15) is 8.78 Å². The van der Waals surface area contributed by atoms with Gasteiger partial charge < -0.3 is 45.2 Å². The minimum atomic E-state index is -5.85. The van der Waals surface area contributed by atoms with E-state index in [1.807, 2.05) is 0 Å². The van der Waals surface area contributed by atoms with Crippen molar-refractivity contribution < 1.29 is 47.9 Å². The molecule has 34 heavy (non-hydrogen) atoms. The van der Waals surface area contributed by atoms with Crippen LogP contribution in [0.15, 0.2) is 36.7 Å². The number of alkyl halides is 2. The summed E-state index contributed by atoms with van der Waals surface area (Å²) in [5.74, 6) is 3.24. The van der Waals surface area contributed by atoms with Crippen LogP contribution in [0.1, 0.15) is 25.7 Å². The predicted octanol–water partition coefficient (Wildman–Crippen LogP) is 1.31. The number of ether oxygens (including phenoxy) is 2. The molecule has 0 bridgehead atoms. The van der Waals surface area contributed by atoms with Crippen molar-refractivity contribution >= 4 is 13.3 Å². The molecule has 0 radical (unpaired) electrons. The summed E-state index contributed by atoms with van der Waals surface area (Å²) in [6.07, 6.45) is -3.32. The van der Waals surface area contributed by atoms with Crippen LogP contribution in [0.3, 0.4) is 0 Å². The lowest BCUT2D eigenvalue weighted by Crippen LogP contribution is -2.60. The average molecular weight is 506 g/mol. The topological polar surface area (TPSA) is 161 Å². The largest absolute Gasteiger partial charge is 0.462 e. The minimum Gasteiger partial charge on any atom is -0.462 e. The minimum absolute atomic E-state index is 0.131. The van der Waals surface area contributed by atoms with Crippen molar-refractivity contribution in [3.63, 3.8) is 0 Å². The molecule has 1 aliphatic heterocycles. The number of hydrogen-bond donors (Lipinski definition) is 7. The third kappa shape index (κ3) is 7.65. The second-order valence-electron chi connectivity index (χ2n) is 7.76. The van der Waals surface area contributed by atoms with Crippen molar-refractivity contribution in [1.29, 1.82) is 0 Å². The van der Waals surface area contributed by atoms with Gasteiger partial charge in [-0.05, 0) is 37.1 Å². The molecule has 7 N–H and O–H groups in total. The van der Waals surface area contributed by atoms with Crippen LogP contribution in [-0.4, -0.2) is 68.0 Å². The van der Waals surface area contributed by atoms with Crippen LogP contribution in [0.25, 0.3) is 0 Å². The number of hydrogen-bond acceptors (Lipinski definition) is 8. The van der Waals surface area contributed by atoms with Crippen LogP contribution in [0.4, 0.5) is 14.5 Å². The molecule has 10 nitrogen and oxygen atoms in total. The summed E-state index contributed by atoms with van der Waals surface area (Å²) in [6.45, 7) is 4.53. The number of terminal acetylenes is 1.